The Hall–Kier alpha value is -2.05. The first-order valence-electron chi connectivity index (χ1n) is 7.76. The van der Waals surface area contributed by atoms with E-state index in [4.69, 9.17) is 16.7 Å². The third-order valence-corrected chi connectivity index (χ3v) is 3.24. The number of rotatable bonds is 8. The first-order chi connectivity index (χ1) is 11.5. The van der Waals surface area contributed by atoms with Crippen molar-refractivity contribution in [3.05, 3.63) is 47.3 Å². The molecule has 6 nitrogen and oxygen atoms in total. The molecule has 0 spiro atoms. The fourth-order valence-electron chi connectivity index (χ4n) is 1.68. The van der Waals surface area contributed by atoms with Crippen LogP contribution >= 0.6 is 11.6 Å². The molecule has 1 aromatic rings. The normalized spacial score (nSPS) is 9.38. The minimum absolute atomic E-state index is 0.00952. The Bertz CT molecular complexity index is 520. The van der Waals surface area contributed by atoms with E-state index in [1.54, 1.807) is 31.3 Å². The number of urea groups is 1. The van der Waals surface area contributed by atoms with Crippen molar-refractivity contribution in [2.24, 2.45) is 0 Å². The summed E-state index contributed by atoms with van der Waals surface area (Å²) >= 11 is 5.81. The molecule has 0 bridgehead atoms. The first-order valence-corrected chi connectivity index (χ1v) is 8.14. The van der Waals surface area contributed by atoms with E-state index in [0.29, 0.717) is 24.4 Å². The molecule has 0 aromatic heterocycles. The highest BCUT2D eigenvalue weighted by molar-refractivity contribution is 6.30. The van der Waals surface area contributed by atoms with E-state index in [1.165, 1.54) is 9.80 Å². The summed E-state index contributed by atoms with van der Waals surface area (Å²) in [7, 11) is 1.60. The second-order valence-electron chi connectivity index (χ2n) is 4.74. The molecule has 3 amide bonds. The van der Waals surface area contributed by atoms with Gasteiger partial charge in [0.2, 0.25) is 6.41 Å². The highest BCUT2D eigenvalue weighted by atomic mass is 35.5. The van der Waals surface area contributed by atoms with Gasteiger partial charge in [-0.25, -0.2) is 4.79 Å². The Morgan fingerprint density at radius 2 is 1.92 bits per heavy atom. The van der Waals surface area contributed by atoms with Gasteiger partial charge in [-0.3, -0.25) is 15.0 Å². The SMILES string of the molecule is C=C(NC(=O)N(C)CCCO)N(C=O)Cc1ccc(Cl)cc1.CC. The molecular weight excluding hydrogens is 330 g/mol. The average molecular weight is 356 g/mol. The lowest BCUT2D eigenvalue weighted by Gasteiger charge is -2.23. The maximum atomic E-state index is 11.9. The van der Waals surface area contributed by atoms with Crippen LogP contribution in [0.15, 0.2) is 36.7 Å². The average Bonchev–Trinajstić information content (AvgIpc) is 2.60. The molecule has 0 heterocycles. The fraction of sp³-hybridized carbons (Fsp3) is 0.412. The number of benzene rings is 1. The number of nitrogens with zero attached hydrogens (tertiary/aromatic N) is 2. The van der Waals surface area contributed by atoms with E-state index in [-0.39, 0.29) is 25.0 Å². The summed E-state index contributed by atoms with van der Waals surface area (Å²) < 4.78 is 0. The van der Waals surface area contributed by atoms with Crippen LogP contribution in [0.3, 0.4) is 0 Å². The van der Waals surface area contributed by atoms with Gasteiger partial charge >= 0.3 is 6.03 Å². The number of hydrogen-bond donors (Lipinski definition) is 2. The summed E-state index contributed by atoms with van der Waals surface area (Å²) in [6.45, 7) is 8.40. The number of nitrogens with one attached hydrogen (secondary N) is 1. The molecule has 0 atom stereocenters. The monoisotopic (exact) mass is 355 g/mol. The lowest BCUT2D eigenvalue weighted by molar-refractivity contribution is -0.117. The lowest BCUT2D eigenvalue weighted by atomic mass is 10.2. The van der Waals surface area contributed by atoms with Crippen LogP contribution in [-0.4, -0.2) is 47.5 Å². The number of carbonyl (C=O) groups excluding carboxylic acids is 2. The summed E-state index contributed by atoms with van der Waals surface area (Å²) in [5.74, 6) is 0.186. The van der Waals surface area contributed by atoms with E-state index in [2.05, 4.69) is 11.9 Å². The number of aliphatic hydroxyl groups excluding tert-OH is 1. The van der Waals surface area contributed by atoms with Crippen LogP contribution in [0.4, 0.5) is 4.79 Å². The van der Waals surface area contributed by atoms with Crippen molar-refractivity contribution in [2.75, 3.05) is 20.2 Å². The number of halogens is 1. The van der Waals surface area contributed by atoms with Gasteiger partial charge in [0.15, 0.2) is 0 Å². The van der Waals surface area contributed by atoms with Gasteiger partial charge in [0.05, 0.1) is 6.54 Å². The molecular formula is C17H26ClN3O3. The molecule has 0 saturated carbocycles. The Morgan fingerprint density at radius 3 is 2.42 bits per heavy atom. The van der Waals surface area contributed by atoms with E-state index >= 15 is 0 Å². The van der Waals surface area contributed by atoms with Gasteiger partial charge in [0, 0.05) is 25.2 Å². The van der Waals surface area contributed by atoms with E-state index in [1.807, 2.05) is 13.8 Å². The Kier molecular flexibility index (Phi) is 11.3. The molecule has 1 rings (SSSR count). The zero-order valence-electron chi connectivity index (χ0n) is 14.5. The largest absolute Gasteiger partial charge is 0.396 e. The molecule has 0 fully saturated rings. The topological polar surface area (TPSA) is 72.9 Å². The first kappa shape index (κ1) is 21.9. The van der Waals surface area contributed by atoms with Gasteiger partial charge in [-0.1, -0.05) is 44.2 Å². The van der Waals surface area contributed by atoms with Gasteiger partial charge in [-0.15, -0.1) is 0 Å². The van der Waals surface area contributed by atoms with Crippen molar-refractivity contribution in [3.63, 3.8) is 0 Å². The summed E-state index contributed by atoms with van der Waals surface area (Å²) in [6, 6.07) is 6.65. The maximum absolute atomic E-state index is 11.9. The quantitative estimate of drug-likeness (QED) is 0.704. The van der Waals surface area contributed by atoms with Crippen molar-refractivity contribution in [3.8, 4) is 0 Å². The predicted molar refractivity (Wildman–Crippen MR) is 96.4 cm³/mol. The van der Waals surface area contributed by atoms with Crippen LogP contribution in [0.1, 0.15) is 25.8 Å². The predicted octanol–water partition coefficient (Wildman–Crippen LogP) is 2.82. The molecule has 134 valence electrons. The lowest BCUT2D eigenvalue weighted by Crippen LogP contribution is -2.41. The zero-order valence-corrected chi connectivity index (χ0v) is 15.2. The third kappa shape index (κ3) is 7.99. The molecule has 0 aliphatic carbocycles. The zero-order chi connectivity index (χ0) is 18.5. The minimum Gasteiger partial charge on any atom is -0.396 e. The molecule has 24 heavy (non-hydrogen) atoms. The molecule has 2 N–H and O–H groups in total. The molecule has 1 aromatic carbocycles. The maximum Gasteiger partial charge on any atom is 0.322 e. The molecule has 0 unspecified atom stereocenters. The Labute approximate surface area is 148 Å². The van der Waals surface area contributed by atoms with Crippen molar-refractivity contribution in [2.45, 2.75) is 26.8 Å². The van der Waals surface area contributed by atoms with Crippen LogP contribution in [0.2, 0.25) is 5.02 Å². The van der Waals surface area contributed by atoms with Crippen molar-refractivity contribution in [1.82, 2.24) is 15.1 Å². The van der Waals surface area contributed by atoms with Gasteiger partial charge in [0.1, 0.15) is 5.82 Å². The molecule has 0 aliphatic heterocycles. The molecule has 0 aliphatic rings. The second kappa shape index (κ2) is 12.4. The Balaban J connectivity index is 0.00000254. The van der Waals surface area contributed by atoms with Crippen LogP contribution in [0, 0.1) is 0 Å². The fourth-order valence-corrected chi connectivity index (χ4v) is 1.81. The molecule has 0 saturated heterocycles. The van der Waals surface area contributed by atoms with Crippen molar-refractivity contribution >= 4 is 24.0 Å². The van der Waals surface area contributed by atoms with E-state index in [9.17, 15) is 9.59 Å². The third-order valence-electron chi connectivity index (χ3n) is 2.99. The Morgan fingerprint density at radius 1 is 1.33 bits per heavy atom. The highest BCUT2D eigenvalue weighted by Crippen LogP contribution is 2.12. The van der Waals surface area contributed by atoms with Crippen LogP contribution in [-0.2, 0) is 11.3 Å². The van der Waals surface area contributed by atoms with Crippen molar-refractivity contribution < 1.29 is 14.7 Å². The van der Waals surface area contributed by atoms with Gasteiger partial charge in [0.25, 0.3) is 0 Å². The molecule has 7 heteroatoms. The summed E-state index contributed by atoms with van der Waals surface area (Å²) in [5, 5.41) is 11.9. The summed E-state index contributed by atoms with van der Waals surface area (Å²) in [4.78, 5) is 25.8. The summed E-state index contributed by atoms with van der Waals surface area (Å²) in [5.41, 5.74) is 0.862. The van der Waals surface area contributed by atoms with Gasteiger partial charge in [-0.05, 0) is 24.1 Å². The smallest absolute Gasteiger partial charge is 0.322 e. The standard InChI is InChI=1S/C15H20ClN3O3.C2H6/c1-12(17-15(22)18(2)8-3-9-20)19(11-21)10-13-4-6-14(16)7-5-13;1-2/h4-7,11,20H,1,3,8-10H2,2H3,(H,17,22);1-2H3. The molecule has 0 radical (unpaired) electrons. The number of amides is 3. The van der Waals surface area contributed by atoms with E-state index < -0.39 is 0 Å². The van der Waals surface area contributed by atoms with Crippen LogP contribution < -0.4 is 5.32 Å². The second-order valence-corrected chi connectivity index (χ2v) is 5.17. The number of carbonyl (C=O) groups is 2. The van der Waals surface area contributed by atoms with Crippen LogP contribution in [0.5, 0.6) is 0 Å². The number of hydrogen-bond acceptors (Lipinski definition) is 3. The van der Waals surface area contributed by atoms with Gasteiger partial charge < -0.3 is 10.0 Å². The van der Waals surface area contributed by atoms with E-state index in [0.717, 1.165) is 5.56 Å². The highest BCUT2D eigenvalue weighted by Gasteiger charge is 2.13. The minimum atomic E-state index is -0.388. The van der Waals surface area contributed by atoms with Crippen molar-refractivity contribution in [1.29, 1.82) is 0 Å². The van der Waals surface area contributed by atoms with Crippen LogP contribution in [0.25, 0.3) is 0 Å². The van der Waals surface area contributed by atoms with Gasteiger partial charge in [-0.2, -0.15) is 0 Å². The number of aliphatic hydroxyl groups is 1. The summed E-state index contributed by atoms with van der Waals surface area (Å²) in [6.07, 6.45) is 1.09.